The van der Waals surface area contributed by atoms with Crippen molar-refractivity contribution in [3.8, 4) is 22.4 Å². The number of nitrogens with one attached hydrogen (secondary N) is 1. The smallest absolute Gasteiger partial charge is 0.151 e. The highest BCUT2D eigenvalue weighted by atomic mass is 15.3. The molecule has 0 radical (unpaired) electrons. The van der Waals surface area contributed by atoms with Gasteiger partial charge in [-0.2, -0.15) is 0 Å². The molecule has 0 amide bonds. The van der Waals surface area contributed by atoms with E-state index in [1.807, 2.05) is 24.5 Å². The van der Waals surface area contributed by atoms with Crippen LogP contribution in [-0.2, 0) is 6.42 Å². The van der Waals surface area contributed by atoms with Crippen molar-refractivity contribution in [3.63, 3.8) is 0 Å². The average Bonchev–Trinajstić information content (AvgIpc) is 2.94. The molecule has 3 heterocycles. The second kappa shape index (κ2) is 9.65. The van der Waals surface area contributed by atoms with Gasteiger partial charge >= 0.3 is 0 Å². The van der Waals surface area contributed by atoms with E-state index < -0.39 is 0 Å². The van der Waals surface area contributed by atoms with E-state index in [9.17, 15) is 0 Å². The van der Waals surface area contributed by atoms with E-state index in [2.05, 4.69) is 94.1 Å². The highest BCUT2D eigenvalue weighted by Crippen LogP contribution is 2.33. The molecule has 1 aliphatic heterocycles. The van der Waals surface area contributed by atoms with Gasteiger partial charge in [0.15, 0.2) is 5.82 Å². The van der Waals surface area contributed by atoms with Crippen LogP contribution in [0, 0.1) is 0 Å². The van der Waals surface area contributed by atoms with Gasteiger partial charge in [0.2, 0.25) is 0 Å². The fraction of sp³-hybridized carbons (Fsp3) is 0.167. The summed E-state index contributed by atoms with van der Waals surface area (Å²) in [5.74, 6) is 0.918. The summed E-state index contributed by atoms with van der Waals surface area (Å²) in [5, 5.41) is 15.6. The molecule has 6 rings (SSSR count). The second-order valence-electron chi connectivity index (χ2n) is 9.05. The fourth-order valence-corrected chi connectivity index (χ4v) is 4.91. The zero-order chi connectivity index (χ0) is 23.5. The second-order valence-corrected chi connectivity index (χ2v) is 9.05. The van der Waals surface area contributed by atoms with Crippen molar-refractivity contribution in [2.45, 2.75) is 12.5 Å². The van der Waals surface area contributed by atoms with E-state index in [1.165, 1.54) is 16.3 Å². The molecule has 0 bridgehead atoms. The Balaban J connectivity index is 1.35. The highest BCUT2D eigenvalue weighted by molar-refractivity contribution is 5.90. The molecule has 0 saturated carbocycles. The van der Waals surface area contributed by atoms with Crippen molar-refractivity contribution < 1.29 is 0 Å². The molecule has 5 aromatic rings. The first-order valence-electron chi connectivity index (χ1n) is 12.1. The van der Waals surface area contributed by atoms with Gasteiger partial charge in [-0.25, -0.2) is 0 Å². The molecule has 35 heavy (non-hydrogen) atoms. The number of anilines is 1. The van der Waals surface area contributed by atoms with Crippen LogP contribution < -0.4 is 10.2 Å². The van der Waals surface area contributed by atoms with E-state index >= 15 is 0 Å². The van der Waals surface area contributed by atoms with Crippen LogP contribution in [-0.4, -0.2) is 40.9 Å². The summed E-state index contributed by atoms with van der Waals surface area (Å²) < 4.78 is 0. The molecule has 172 valence electrons. The molecular weight excluding hydrogens is 430 g/mol. The third-order valence-corrected chi connectivity index (χ3v) is 6.70. The minimum absolute atomic E-state index is 0.373. The first-order valence-corrected chi connectivity index (χ1v) is 12.1. The molecular formula is C30H27N5. The Morgan fingerprint density at radius 3 is 2.43 bits per heavy atom. The summed E-state index contributed by atoms with van der Waals surface area (Å²) in [5.41, 5.74) is 5.47. The van der Waals surface area contributed by atoms with Gasteiger partial charge in [-0.05, 0) is 52.6 Å². The van der Waals surface area contributed by atoms with Gasteiger partial charge < -0.3 is 10.2 Å². The summed E-state index contributed by atoms with van der Waals surface area (Å²) in [6.45, 7) is 2.73. The summed E-state index contributed by atoms with van der Waals surface area (Å²) in [7, 11) is 0. The lowest BCUT2D eigenvalue weighted by molar-refractivity contribution is 0.452. The third-order valence-electron chi connectivity index (χ3n) is 6.70. The lowest BCUT2D eigenvalue weighted by atomic mass is 9.98. The quantitative estimate of drug-likeness (QED) is 0.384. The minimum atomic E-state index is 0.373. The summed E-state index contributed by atoms with van der Waals surface area (Å²) in [4.78, 5) is 6.57. The lowest BCUT2D eigenvalue weighted by Gasteiger charge is -2.34. The Hall–Kier alpha value is -4.09. The van der Waals surface area contributed by atoms with E-state index in [0.717, 1.165) is 54.3 Å². The number of nitrogens with zero attached hydrogens (tertiary/aromatic N) is 4. The number of piperazine rings is 1. The Morgan fingerprint density at radius 2 is 1.57 bits per heavy atom. The first-order chi connectivity index (χ1) is 17.3. The number of benzene rings is 3. The normalized spacial score (nSPS) is 15.9. The number of rotatable bonds is 5. The van der Waals surface area contributed by atoms with Crippen LogP contribution >= 0.6 is 0 Å². The lowest BCUT2D eigenvalue weighted by Crippen LogP contribution is -2.52. The van der Waals surface area contributed by atoms with Crippen molar-refractivity contribution in [1.82, 2.24) is 20.5 Å². The predicted molar refractivity (Wildman–Crippen MR) is 142 cm³/mol. The highest BCUT2D eigenvalue weighted by Gasteiger charge is 2.22. The topological polar surface area (TPSA) is 53.9 Å². The van der Waals surface area contributed by atoms with Crippen LogP contribution in [0.4, 0.5) is 5.82 Å². The molecule has 1 unspecified atom stereocenters. The van der Waals surface area contributed by atoms with E-state index in [1.54, 1.807) is 0 Å². The number of pyridine rings is 1. The summed E-state index contributed by atoms with van der Waals surface area (Å²) in [6, 6.07) is 32.2. The Labute approximate surface area is 205 Å². The number of fused-ring (bicyclic) bond motifs is 1. The van der Waals surface area contributed by atoms with Crippen molar-refractivity contribution in [2.75, 3.05) is 24.5 Å². The van der Waals surface area contributed by atoms with Crippen LogP contribution in [0.3, 0.4) is 0 Å². The van der Waals surface area contributed by atoms with Gasteiger partial charge in [-0.3, -0.25) is 4.98 Å². The summed E-state index contributed by atoms with van der Waals surface area (Å²) in [6.07, 6.45) is 4.66. The van der Waals surface area contributed by atoms with Crippen molar-refractivity contribution in [3.05, 3.63) is 109 Å². The van der Waals surface area contributed by atoms with Crippen LogP contribution in [0.2, 0.25) is 0 Å². The molecule has 1 saturated heterocycles. The van der Waals surface area contributed by atoms with Gasteiger partial charge in [-0.1, -0.05) is 66.7 Å². The maximum atomic E-state index is 4.78. The van der Waals surface area contributed by atoms with E-state index in [0.29, 0.717) is 6.04 Å². The van der Waals surface area contributed by atoms with Gasteiger partial charge in [-0.15, -0.1) is 10.2 Å². The molecule has 1 aliphatic rings. The van der Waals surface area contributed by atoms with E-state index in [4.69, 9.17) is 10.2 Å². The molecule has 0 spiro atoms. The molecule has 1 fully saturated rings. The van der Waals surface area contributed by atoms with E-state index in [-0.39, 0.29) is 0 Å². The standard InChI is InChI=1S/C30H27N5/c1-2-6-22(7-3-1)18-27-21-35(17-16-32-27)29-20-28(24-12-14-31-15-13-24)30(34-33-29)26-11-10-23-8-4-5-9-25(23)19-26/h1-15,19-20,27,32H,16-18,21H2. The molecule has 0 aliphatic carbocycles. The SMILES string of the molecule is c1ccc(CC2CN(c3cc(-c4ccncc4)c(-c4ccc5ccccc5c4)nn3)CCN2)cc1. The van der Waals surface area contributed by atoms with Crippen LogP contribution in [0.15, 0.2) is 103 Å². The molecule has 2 aromatic heterocycles. The molecule has 3 aromatic carbocycles. The van der Waals surface area contributed by atoms with Crippen LogP contribution in [0.5, 0.6) is 0 Å². The summed E-state index contributed by atoms with van der Waals surface area (Å²) >= 11 is 0. The zero-order valence-electron chi connectivity index (χ0n) is 19.5. The Morgan fingerprint density at radius 1 is 0.771 bits per heavy atom. The zero-order valence-corrected chi connectivity index (χ0v) is 19.5. The first kappa shape index (κ1) is 21.4. The number of hydrogen-bond acceptors (Lipinski definition) is 5. The largest absolute Gasteiger partial charge is 0.352 e. The van der Waals surface area contributed by atoms with Crippen molar-refractivity contribution in [1.29, 1.82) is 0 Å². The van der Waals surface area contributed by atoms with Crippen LogP contribution in [0.25, 0.3) is 33.2 Å². The van der Waals surface area contributed by atoms with Gasteiger partial charge in [0.1, 0.15) is 5.69 Å². The van der Waals surface area contributed by atoms with Crippen molar-refractivity contribution >= 4 is 16.6 Å². The number of aromatic nitrogens is 3. The molecule has 5 heteroatoms. The van der Waals surface area contributed by atoms with Crippen molar-refractivity contribution in [2.24, 2.45) is 0 Å². The minimum Gasteiger partial charge on any atom is -0.352 e. The average molecular weight is 458 g/mol. The van der Waals surface area contributed by atoms with Gasteiger partial charge in [0, 0.05) is 49.2 Å². The van der Waals surface area contributed by atoms with Crippen LogP contribution in [0.1, 0.15) is 5.56 Å². The predicted octanol–water partition coefficient (Wildman–Crippen LogP) is 5.38. The van der Waals surface area contributed by atoms with Gasteiger partial charge in [0.05, 0.1) is 0 Å². The number of hydrogen-bond donors (Lipinski definition) is 1. The maximum absolute atomic E-state index is 4.78. The Kier molecular flexibility index (Phi) is 5.91. The maximum Gasteiger partial charge on any atom is 0.151 e. The third kappa shape index (κ3) is 4.63. The Bertz CT molecular complexity index is 1440. The fourth-order valence-electron chi connectivity index (χ4n) is 4.91. The molecule has 1 N–H and O–H groups in total. The van der Waals surface area contributed by atoms with Gasteiger partial charge in [0.25, 0.3) is 0 Å². The molecule has 1 atom stereocenters. The molecule has 5 nitrogen and oxygen atoms in total. The monoisotopic (exact) mass is 457 g/mol.